The van der Waals surface area contributed by atoms with Crippen LogP contribution in [-0.2, 0) is 11.8 Å². The van der Waals surface area contributed by atoms with Crippen molar-refractivity contribution in [1.29, 1.82) is 0 Å². The predicted molar refractivity (Wildman–Crippen MR) is 135 cm³/mol. The number of hydrogen-bond acceptors (Lipinski definition) is 6. The molecule has 2 aromatic heterocycles. The highest BCUT2D eigenvalue weighted by Gasteiger charge is 2.17. The van der Waals surface area contributed by atoms with Crippen molar-refractivity contribution in [1.82, 2.24) is 14.5 Å². The Bertz CT molecular complexity index is 1460. The Labute approximate surface area is 197 Å². The fraction of sp³-hybridized carbons (Fsp3) is 0.185. The smallest absolute Gasteiger partial charge is 0.208 e. The molecule has 7 nitrogen and oxygen atoms in total. The van der Waals surface area contributed by atoms with Crippen molar-refractivity contribution in [2.24, 2.45) is 7.05 Å². The van der Waals surface area contributed by atoms with Gasteiger partial charge in [0.2, 0.25) is 5.95 Å². The van der Waals surface area contributed by atoms with Gasteiger partial charge >= 0.3 is 0 Å². The van der Waals surface area contributed by atoms with E-state index in [1.807, 2.05) is 73.8 Å². The summed E-state index contributed by atoms with van der Waals surface area (Å²) in [6, 6.07) is 26.0. The molecule has 34 heavy (non-hydrogen) atoms. The van der Waals surface area contributed by atoms with Gasteiger partial charge in [0.05, 0.1) is 35.5 Å². The monoisotopic (exact) mass is 451 g/mol. The molecule has 1 aliphatic rings. The molecule has 1 N–H and O–H groups in total. The van der Waals surface area contributed by atoms with Gasteiger partial charge in [0.25, 0.3) is 0 Å². The van der Waals surface area contributed by atoms with Crippen molar-refractivity contribution in [3.05, 3.63) is 78.9 Å². The quantitative estimate of drug-likeness (QED) is 0.381. The van der Waals surface area contributed by atoms with Crippen LogP contribution in [0.25, 0.3) is 21.9 Å². The number of nitrogens with zero attached hydrogens (tertiary/aromatic N) is 4. The second-order valence-corrected chi connectivity index (χ2v) is 8.33. The van der Waals surface area contributed by atoms with E-state index in [2.05, 4.69) is 26.9 Å². The van der Waals surface area contributed by atoms with Crippen molar-refractivity contribution in [3.63, 3.8) is 0 Å². The fourth-order valence-electron chi connectivity index (χ4n) is 4.31. The summed E-state index contributed by atoms with van der Waals surface area (Å²) < 4.78 is 13.7. The van der Waals surface area contributed by atoms with E-state index in [0.717, 1.165) is 64.0 Å². The molecule has 0 unspecified atom stereocenters. The lowest BCUT2D eigenvalue weighted by molar-refractivity contribution is 0.122. The second kappa shape index (κ2) is 8.68. The molecule has 0 aliphatic carbocycles. The van der Waals surface area contributed by atoms with Crippen molar-refractivity contribution < 1.29 is 9.47 Å². The third-order valence-electron chi connectivity index (χ3n) is 6.11. The minimum atomic E-state index is 0.705. The second-order valence-electron chi connectivity index (χ2n) is 8.33. The number of morpholine rings is 1. The first kappa shape index (κ1) is 20.5. The van der Waals surface area contributed by atoms with Gasteiger partial charge < -0.3 is 24.3 Å². The molecule has 1 fully saturated rings. The number of rotatable bonds is 5. The standard InChI is InChI=1S/C27H25N5O2/c1-31-25-10-6-5-9-23(25)29-27(31)30-24-18-26(32-13-15-33-16-14-32)28-22-12-11-20(17-21(22)24)34-19-7-3-2-4-8-19/h2-12,17-18H,13-16H2,1H3,(H,28,29,30). The van der Waals surface area contributed by atoms with Crippen LogP contribution in [0, 0.1) is 0 Å². The summed E-state index contributed by atoms with van der Waals surface area (Å²) >= 11 is 0. The lowest BCUT2D eigenvalue weighted by atomic mass is 10.1. The number of pyridine rings is 1. The number of para-hydroxylation sites is 3. The van der Waals surface area contributed by atoms with E-state index in [1.165, 1.54) is 0 Å². The highest BCUT2D eigenvalue weighted by atomic mass is 16.5. The maximum Gasteiger partial charge on any atom is 0.208 e. The molecule has 0 amide bonds. The zero-order valence-electron chi connectivity index (χ0n) is 18.9. The summed E-state index contributed by atoms with van der Waals surface area (Å²) in [7, 11) is 2.02. The van der Waals surface area contributed by atoms with Crippen LogP contribution in [0.4, 0.5) is 17.5 Å². The van der Waals surface area contributed by atoms with E-state index in [0.29, 0.717) is 13.2 Å². The van der Waals surface area contributed by atoms with Crippen LogP contribution in [0.5, 0.6) is 11.5 Å². The van der Waals surface area contributed by atoms with Gasteiger partial charge in [0.1, 0.15) is 17.3 Å². The van der Waals surface area contributed by atoms with Gasteiger partial charge in [0.15, 0.2) is 0 Å². The van der Waals surface area contributed by atoms with Gasteiger partial charge in [-0.05, 0) is 42.5 Å². The van der Waals surface area contributed by atoms with E-state index in [-0.39, 0.29) is 0 Å². The first-order valence-corrected chi connectivity index (χ1v) is 11.4. The number of aryl methyl sites for hydroxylation is 1. The van der Waals surface area contributed by atoms with Crippen LogP contribution in [0.3, 0.4) is 0 Å². The maximum absolute atomic E-state index is 6.11. The summed E-state index contributed by atoms with van der Waals surface area (Å²) in [5.74, 6) is 3.25. The maximum atomic E-state index is 6.11. The molecule has 170 valence electrons. The van der Waals surface area contributed by atoms with E-state index < -0.39 is 0 Å². The number of aromatic nitrogens is 3. The number of nitrogens with one attached hydrogen (secondary N) is 1. The van der Waals surface area contributed by atoms with Gasteiger partial charge in [-0.3, -0.25) is 0 Å². The zero-order chi connectivity index (χ0) is 22.9. The van der Waals surface area contributed by atoms with Crippen LogP contribution in [-0.4, -0.2) is 40.8 Å². The van der Waals surface area contributed by atoms with Gasteiger partial charge in [-0.2, -0.15) is 0 Å². The van der Waals surface area contributed by atoms with Gasteiger partial charge in [0, 0.05) is 31.6 Å². The lowest BCUT2D eigenvalue weighted by Gasteiger charge is -2.28. The molecule has 0 spiro atoms. The molecule has 0 radical (unpaired) electrons. The van der Waals surface area contributed by atoms with Crippen molar-refractivity contribution in [2.75, 3.05) is 36.5 Å². The largest absolute Gasteiger partial charge is 0.457 e. The van der Waals surface area contributed by atoms with Gasteiger partial charge in [-0.25, -0.2) is 9.97 Å². The Morgan fingerprint density at radius 3 is 2.44 bits per heavy atom. The average Bonchev–Trinajstić information content (AvgIpc) is 3.20. The number of ether oxygens (including phenoxy) is 2. The summed E-state index contributed by atoms with van der Waals surface area (Å²) in [6.45, 7) is 3.05. The molecular formula is C27H25N5O2. The molecule has 1 saturated heterocycles. The molecular weight excluding hydrogens is 426 g/mol. The predicted octanol–water partition coefficient (Wildman–Crippen LogP) is 5.49. The summed E-state index contributed by atoms with van der Waals surface area (Å²) in [5.41, 5.74) is 3.85. The molecule has 0 bridgehead atoms. The topological polar surface area (TPSA) is 64.4 Å². The Morgan fingerprint density at radius 1 is 0.824 bits per heavy atom. The molecule has 0 saturated carbocycles. The molecule has 3 aromatic carbocycles. The summed E-state index contributed by atoms with van der Waals surface area (Å²) in [4.78, 5) is 12.0. The third kappa shape index (κ3) is 3.91. The number of anilines is 3. The average molecular weight is 452 g/mol. The molecule has 5 aromatic rings. The van der Waals surface area contributed by atoms with Crippen molar-refractivity contribution in [3.8, 4) is 11.5 Å². The molecule has 3 heterocycles. The van der Waals surface area contributed by atoms with Gasteiger partial charge in [-0.1, -0.05) is 30.3 Å². The van der Waals surface area contributed by atoms with Crippen LogP contribution in [0.1, 0.15) is 0 Å². The Kier molecular flexibility index (Phi) is 5.24. The Balaban J connectivity index is 1.45. The summed E-state index contributed by atoms with van der Waals surface area (Å²) in [6.07, 6.45) is 0. The molecule has 6 rings (SSSR count). The van der Waals surface area contributed by atoms with Crippen LogP contribution in [0.15, 0.2) is 78.9 Å². The normalized spacial score (nSPS) is 14.0. The lowest BCUT2D eigenvalue weighted by Crippen LogP contribution is -2.36. The van der Waals surface area contributed by atoms with Gasteiger partial charge in [-0.15, -0.1) is 0 Å². The number of hydrogen-bond donors (Lipinski definition) is 1. The molecule has 0 atom stereocenters. The Morgan fingerprint density at radius 2 is 1.62 bits per heavy atom. The van der Waals surface area contributed by atoms with Crippen LogP contribution >= 0.6 is 0 Å². The van der Waals surface area contributed by atoms with E-state index in [1.54, 1.807) is 0 Å². The highest BCUT2D eigenvalue weighted by molar-refractivity contribution is 5.96. The molecule has 7 heteroatoms. The van der Waals surface area contributed by atoms with E-state index >= 15 is 0 Å². The number of fused-ring (bicyclic) bond motifs is 2. The van der Waals surface area contributed by atoms with Crippen molar-refractivity contribution in [2.45, 2.75) is 0 Å². The van der Waals surface area contributed by atoms with Crippen LogP contribution < -0.4 is 15.0 Å². The Hall–Kier alpha value is -4.10. The first-order chi connectivity index (χ1) is 16.7. The van der Waals surface area contributed by atoms with Crippen molar-refractivity contribution >= 4 is 39.4 Å². The summed E-state index contributed by atoms with van der Waals surface area (Å²) in [5, 5.41) is 4.54. The number of imidazole rings is 1. The first-order valence-electron chi connectivity index (χ1n) is 11.4. The van der Waals surface area contributed by atoms with E-state index in [4.69, 9.17) is 19.4 Å². The van der Waals surface area contributed by atoms with Crippen LogP contribution in [0.2, 0.25) is 0 Å². The third-order valence-corrected chi connectivity index (χ3v) is 6.11. The minimum Gasteiger partial charge on any atom is -0.457 e. The minimum absolute atomic E-state index is 0.705. The zero-order valence-corrected chi connectivity index (χ0v) is 18.9. The highest BCUT2D eigenvalue weighted by Crippen LogP contribution is 2.34. The SMILES string of the molecule is Cn1c(Nc2cc(N3CCOCC3)nc3ccc(Oc4ccccc4)cc23)nc2ccccc21. The molecule has 1 aliphatic heterocycles. The number of benzene rings is 3. The fourth-order valence-corrected chi connectivity index (χ4v) is 4.31. The van der Waals surface area contributed by atoms with E-state index in [9.17, 15) is 0 Å².